The van der Waals surface area contributed by atoms with Crippen molar-refractivity contribution in [2.75, 3.05) is 25.2 Å². The molecule has 8 heteroatoms. The van der Waals surface area contributed by atoms with Gasteiger partial charge >= 0.3 is 12.0 Å². The fourth-order valence-corrected chi connectivity index (χ4v) is 3.69. The van der Waals surface area contributed by atoms with Crippen LogP contribution in [0.1, 0.15) is 15.9 Å². The number of rotatable bonds is 6. The van der Waals surface area contributed by atoms with Gasteiger partial charge in [0.05, 0.1) is 0 Å². The van der Waals surface area contributed by atoms with Crippen molar-refractivity contribution in [3.8, 4) is 0 Å². The number of urea groups is 1. The molecule has 2 N–H and O–H groups in total. The summed E-state index contributed by atoms with van der Waals surface area (Å²) in [4.78, 5) is 24.5. The van der Waals surface area contributed by atoms with Gasteiger partial charge in [0.15, 0.2) is 0 Å². The molecule has 122 valence electrons. The van der Waals surface area contributed by atoms with E-state index in [0.29, 0.717) is 5.03 Å². The molecule has 0 unspecified atom stereocenters. The van der Waals surface area contributed by atoms with Crippen molar-refractivity contribution in [3.05, 3.63) is 41.5 Å². The summed E-state index contributed by atoms with van der Waals surface area (Å²) in [7, 11) is 3.18. The molecule has 0 atom stereocenters. The number of amides is 2. The number of hydrogen-bond acceptors (Lipinski definition) is 5. The number of nitrogens with zero attached hydrogens (tertiary/aromatic N) is 2. The highest BCUT2D eigenvalue weighted by Gasteiger charge is 2.22. The van der Waals surface area contributed by atoms with E-state index in [1.54, 1.807) is 14.1 Å². The first-order valence-corrected chi connectivity index (χ1v) is 8.63. The van der Waals surface area contributed by atoms with Gasteiger partial charge in [-0.15, -0.1) is 11.8 Å². The highest BCUT2D eigenvalue weighted by Crippen LogP contribution is 2.32. The molecule has 0 saturated carbocycles. The van der Waals surface area contributed by atoms with Crippen LogP contribution >= 0.6 is 23.3 Å². The molecular formula is C15H17N3O3S2. The number of benzene rings is 1. The van der Waals surface area contributed by atoms with Gasteiger partial charge in [0.25, 0.3) is 0 Å². The van der Waals surface area contributed by atoms with Crippen LogP contribution in [0, 0.1) is 0 Å². The Morgan fingerprint density at radius 1 is 1.30 bits per heavy atom. The monoisotopic (exact) mass is 351 g/mol. The summed E-state index contributed by atoms with van der Waals surface area (Å²) in [5, 5.41) is 12.7. The topological polar surface area (TPSA) is 82.5 Å². The Hall–Kier alpha value is -2.06. The summed E-state index contributed by atoms with van der Waals surface area (Å²) in [5.41, 5.74) is 1.25. The van der Waals surface area contributed by atoms with E-state index in [1.165, 1.54) is 22.2 Å². The lowest BCUT2D eigenvalue weighted by Gasteiger charge is -2.10. The highest BCUT2D eigenvalue weighted by molar-refractivity contribution is 7.99. The Balaban J connectivity index is 2.05. The van der Waals surface area contributed by atoms with Crippen LogP contribution in [0.25, 0.3) is 0 Å². The third kappa shape index (κ3) is 4.70. The van der Waals surface area contributed by atoms with Gasteiger partial charge in [-0.2, -0.15) is 4.37 Å². The Bertz CT molecular complexity index is 687. The first-order valence-electron chi connectivity index (χ1n) is 6.87. The molecule has 1 aromatic heterocycles. The predicted molar refractivity (Wildman–Crippen MR) is 92.6 cm³/mol. The smallest absolute Gasteiger partial charge is 0.341 e. The fraction of sp³-hybridized carbons (Fsp3) is 0.267. The number of nitrogens with one attached hydrogen (secondary N) is 1. The molecule has 0 bridgehead atoms. The van der Waals surface area contributed by atoms with Crippen LogP contribution in [0.4, 0.5) is 9.80 Å². The number of aromatic carboxylic acids is 1. The molecule has 0 spiro atoms. The van der Waals surface area contributed by atoms with Gasteiger partial charge in [-0.3, -0.25) is 5.32 Å². The van der Waals surface area contributed by atoms with Crippen molar-refractivity contribution in [3.63, 3.8) is 0 Å². The first kappa shape index (κ1) is 17.3. The normalized spacial score (nSPS) is 10.3. The third-order valence-electron chi connectivity index (χ3n) is 2.97. The molecule has 2 aromatic rings. The second-order valence-corrected chi connectivity index (χ2v) is 6.76. The number of carbonyl (C=O) groups excluding carboxylic acids is 1. The SMILES string of the molecule is CN(C)C(=O)Nc1snc(SCCc2ccccc2)c1C(=O)O. The van der Waals surface area contributed by atoms with E-state index in [4.69, 9.17) is 0 Å². The highest BCUT2D eigenvalue weighted by atomic mass is 32.2. The second-order valence-electron chi connectivity index (χ2n) is 4.91. The zero-order valence-electron chi connectivity index (χ0n) is 12.8. The predicted octanol–water partition coefficient (Wildman–Crippen LogP) is 3.27. The molecule has 23 heavy (non-hydrogen) atoms. The van der Waals surface area contributed by atoms with Crippen LogP contribution in [0.5, 0.6) is 0 Å². The van der Waals surface area contributed by atoms with Crippen LogP contribution < -0.4 is 5.32 Å². The Kier molecular flexibility index (Phi) is 6.00. The molecule has 1 heterocycles. The summed E-state index contributed by atoms with van der Waals surface area (Å²) in [6, 6.07) is 9.59. The van der Waals surface area contributed by atoms with Gasteiger partial charge < -0.3 is 10.0 Å². The number of anilines is 1. The summed E-state index contributed by atoms with van der Waals surface area (Å²) in [5.74, 6) is -0.371. The van der Waals surface area contributed by atoms with E-state index in [2.05, 4.69) is 9.69 Å². The van der Waals surface area contributed by atoms with Crippen molar-refractivity contribution >= 4 is 40.3 Å². The number of carbonyl (C=O) groups is 2. The first-order chi connectivity index (χ1) is 11.0. The van der Waals surface area contributed by atoms with Gasteiger partial charge in [0, 0.05) is 19.8 Å². The lowest BCUT2D eigenvalue weighted by atomic mass is 10.2. The minimum absolute atomic E-state index is 0.0586. The number of hydrogen-bond donors (Lipinski definition) is 2. The lowest BCUT2D eigenvalue weighted by Crippen LogP contribution is -2.27. The second kappa shape index (κ2) is 7.98. The van der Waals surface area contributed by atoms with Gasteiger partial charge in [-0.1, -0.05) is 30.3 Å². The maximum atomic E-state index is 11.7. The molecule has 0 aliphatic rings. The van der Waals surface area contributed by atoms with E-state index < -0.39 is 5.97 Å². The van der Waals surface area contributed by atoms with Crippen LogP contribution in [0.2, 0.25) is 0 Å². The van der Waals surface area contributed by atoms with E-state index in [9.17, 15) is 14.7 Å². The zero-order chi connectivity index (χ0) is 16.8. The molecule has 0 saturated heterocycles. The van der Waals surface area contributed by atoms with Crippen LogP contribution in [0.15, 0.2) is 35.4 Å². The minimum atomic E-state index is -1.09. The van der Waals surface area contributed by atoms with Gasteiger partial charge in [0.2, 0.25) is 0 Å². The largest absolute Gasteiger partial charge is 0.477 e. The third-order valence-corrected chi connectivity index (χ3v) is 4.83. The van der Waals surface area contributed by atoms with E-state index >= 15 is 0 Å². The molecule has 0 radical (unpaired) electrons. The number of thioether (sulfide) groups is 1. The van der Waals surface area contributed by atoms with Gasteiger partial charge in [0.1, 0.15) is 15.6 Å². The zero-order valence-corrected chi connectivity index (χ0v) is 14.4. The summed E-state index contributed by atoms with van der Waals surface area (Å²) in [6.07, 6.45) is 0.821. The number of aryl methyl sites for hydroxylation is 1. The van der Waals surface area contributed by atoms with Crippen LogP contribution in [-0.4, -0.2) is 46.2 Å². The minimum Gasteiger partial charge on any atom is -0.477 e. The van der Waals surface area contributed by atoms with E-state index in [1.807, 2.05) is 30.3 Å². The van der Waals surface area contributed by atoms with Crippen LogP contribution in [-0.2, 0) is 6.42 Å². The Morgan fingerprint density at radius 3 is 2.61 bits per heavy atom. The number of carboxylic acids is 1. The molecule has 2 amide bonds. The molecule has 6 nitrogen and oxygen atoms in total. The Labute approximate surface area is 142 Å². The fourth-order valence-electron chi connectivity index (χ4n) is 1.77. The molecule has 0 aliphatic carbocycles. The van der Waals surface area contributed by atoms with E-state index in [0.717, 1.165) is 23.7 Å². The van der Waals surface area contributed by atoms with Crippen molar-refractivity contribution < 1.29 is 14.7 Å². The standard InChI is InChI=1S/C15H17N3O3S2/c1-18(2)15(21)16-12-11(14(19)20)13(17-23-12)22-9-8-10-6-4-3-5-7-10/h3-7H,8-9H2,1-2H3,(H,16,21)(H,19,20). The molecule has 1 aromatic carbocycles. The number of carboxylic acid groups (broad SMARTS) is 1. The molecule has 2 rings (SSSR count). The summed E-state index contributed by atoms with van der Waals surface area (Å²) in [6.45, 7) is 0. The number of aromatic nitrogens is 1. The maximum absolute atomic E-state index is 11.7. The molecule has 0 fully saturated rings. The van der Waals surface area contributed by atoms with E-state index in [-0.39, 0.29) is 16.6 Å². The Morgan fingerprint density at radius 2 is 2.00 bits per heavy atom. The summed E-state index contributed by atoms with van der Waals surface area (Å²) < 4.78 is 4.17. The van der Waals surface area contributed by atoms with Crippen molar-refractivity contribution in [2.45, 2.75) is 11.4 Å². The van der Waals surface area contributed by atoms with Gasteiger partial charge in [-0.05, 0) is 23.5 Å². The van der Waals surface area contributed by atoms with Crippen molar-refractivity contribution in [2.24, 2.45) is 0 Å². The maximum Gasteiger partial charge on any atom is 0.341 e. The average Bonchev–Trinajstić information content (AvgIpc) is 2.91. The van der Waals surface area contributed by atoms with Gasteiger partial charge in [-0.25, -0.2) is 9.59 Å². The lowest BCUT2D eigenvalue weighted by molar-refractivity contribution is 0.0694. The molecular weight excluding hydrogens is 334 g/mol. The van der Waals surface area contributed by atoms with Crippen molar-refractivity contribution in [1.29, 1.82) is 0 Å². The molecule has 0 aliphatic heterocycles. The van der Waals surface area contributed by atoms with Crippen LogP contribution in [0.3, 0.4) is 0 Å². The average molecular weight is 351 g/mol. The summed E-state index contributed by atoms with van der Waals surface area (Å²) >= 11 is 2.37. The van der Waals surface area contributed by atoms with Crippen molar-refractivity contribution in [1.82, 2.24) is 9.27 Å². The quantitative estimate of drug-likeness (QED) is 0.781.